The van der Waals surface area contributed by atoms with Crippen molar-refractivity contribution < 1.29 is 0 Å². The molecule has 0 aromatic carbocycles. The fourth-order valence-electron chi connectivity index (χ4n) is 5.29. The van der Waals surface area contributed by atoms with Crippen LogP contribution in [0.2, 0.25) is 0 Å². The zero-order valence-electron chi connectivity index (χ0n) is 24.0. The van der Waals surface area contributed by atoms with Gasteiger partial charge in [0.1, 0.15) is 0 Å². The topological polar surface area (TPSA) is 0 Å². The Bertz CT molecular complexity index is 295. The second-order valence-corrected chi connectivity index (χ2v) is 12.1. The molecule has 0 fully saturated rings. The van der Waals surface area contributed by atoms with E-state index in [2.05, 4.69) is 22.9 Å². The second kappa shape index (κ2) is 33.5. The molecule has 0 aliphatic carbocycles. The number of rotatable bonds is 31. The summed E-state index contributed by atoms with van der Waals surface area (Å²) in [7, 11) is 0. The van der Waals surface area contributed by atoms with Gasteiger partial charge in [-0.3, -0.25) is 0 Å². The average molecular weight is 544 g/mol. The van der Waals surface area contributed by atoms with Gasteiger partial charge in [-0.25, -0.2) is 0 Å². The first-order chi connectivity index (χ1) is 16.9. The predicted molar refractivity (Wildman–Crippen MR) is 163 cm³/mol. The molecule has 0 saturated carbocycles. The van der Waals surface area contributed by atoms with Crippen molar-refractivity contribution in [3.05, 3.63) is 0 Å². The highest BCUT2D eigenvalue weighted by atomic mass is 79.9. The summed E-state index contributed by atoms with van der Waals surface area (Å²) in [4.78, 5) is 0. The van der Waals surface area contributed by atoms with E-state index in [-0.39, 0.29) is 0 Å². The van der Waals surface area contributed by atoms with Crippen LogP contribution in [0.3, 0.4) is 0 Å². The van der Waals surface area contributed by atoms with Crippen LogP contribution in [0.15, 0.2) is 0 Å². The highest BCUT2D eigenvalue weighted by molar-refractivity contribution is 9.09. The summed E-state index contributed by atoms with van der Waals surface area (Å²) in [5.74, 6) is 0. The van der Waals surface area contributed by atoms with Crippen LogP contribution in [0.5, 0.6) is 0 Å². The molecule has 0 aromatic heterocycles. The first-order valence-corrected chi connectivity index (χ1v) is 17.6. The number of halogens is 1. The number of hydrogen-bond donors (Lipinski definition) is 0. The van der Waals surface area contributed by atoms with Crippen molar-refractivity contribution in [3.63, 3.8) is 0 Å². The van der Waals surface area contributed by atoms with E-state index in [1.807, 2.05) is 0 Å². The Balaban J connectivity index is 2.99. The minimum atomic E-state index is 1.19. The molecule has 0 bridgehead atoms. The van der Waals surface area contributed by atoms with E-state index in [0.717, 1.165) is 0 Å². The summed E-state index contributed by atoms with van der Waals surface area (Å²) in [6.07, 6.45) is 45.7. The zero-order valence-corrected chi connectivity index (χ0v) is 25.6. The van der Waals surface area contributed by atoms with Gasteiger partial charge in [0.15, 0.2) is 0 Å². The molecule has 0 saturated heterocycles. The maximum atomic E-state index is 3.52. The lowest BCUT2D eigenvalue weighted by molar-refractivity contribution is 0.513. The SMILES string of the molecule is CCCCCCCCCCCCCCCCCCCCCCCCCCCCCCCCCBr. The Labute approximate surface area is 226 Å². The Morgan fingerprint density at radius 1 is 0.235 bits per heavy atom. The molecule has 0 radical (unpaired) electrons. The van der Waals surface area contributed by atoms with Crippen LogP contribution >= 0.6 is 15.9 Å². The first kappa shape index (κ1) is 34.5. The summed E-state index contributed by atoms with van der Waals surface area (Å²) < 4.78 is 0. The molecule has 0 aliphatic rings. The van der Waals surface area contributed by atoms with E-state index >= 15 is 0 Å². The van der Waals surface area contributed by atoms with Crippen LogP contribution in [-0.4, -0.2) is 5.33 Å². The molecule has 0 atom stereocenters. The molecule has 0 N–H and O–H groups in total. The summed E-state index contributed by atoms with van der Waals surface area (Å²) in [5, 5.41) is 1.19. The van der Waals surface area contributed by atoms with Crippen molar-refractivity contribution in [2.24, 2.45) is 0 Å². The fraction of sp³-hybridized carbons (Fsp3) is 1.00. The third-order valence-corrected chi connectivity index (χ3v) is 8.30. The van der Waals surface area contributed by atoms with Crippen molar-refractivity contribution in [2.45, 2.75) is 206 Å². The van der Waals surface area contributed by atoms with Gasteiger partial charge in [0, 0.05) is 5.33 Å². The number of alkyl halides is 1. The highest BCUT2D eigenvalue weighted by Crippen LogP contribution is 2.16. The van der Waals surface area contributed by atoms with Gasteiger partial charge >= 0.3 is 0 Å². The van der Waals surface area contributed by atoms with E-state index in [1.54, 1.807) is 0 Å². The molecule has 0 amide bonds. The van der Waals surface area contributed by atoms with E-state index in [4.69, 9.17) is 0 Å². The van der Waals surface area contributed by atoms with Gasteiger partial charge in [-0.05, 0) is 6.42 Å². The van der Waals surface area contributed by atoms with Gasteiger partial charge in [-0.2, -0.15) is 0 Å². The Hall–Kier alpha value is 0.480. The van der Waals surface area contributed by atoms with Gasteiger partial charge in [-0.15, -0.1) is 0 Å². The van der Waals surface area contributed by atoms with Crippen molar-refractivity contribution in [1.29, 1.82) is 0 Å². The van der Waals surface area contributed by atoms with Gasteiger partial charge in [0.05, 0.1) is 0 Å². The Morgan fingerprint density at radius 2 is 0.382 bits per heavy atom. The van der Waals surface area contributed by atoms with Gasteiger partial charge < -0.3 is 0 Å². The van der Waals surface area contributed by atoms with E-state index in [1.165, 1.54) is 204 Å². The largest absolute Gasteiger partial charge is 0.0928 e. The molecule has 0 spiro atoms. The van der Waals surface area contributed by atoms with E-state index in [0.29, 0.717) is 0 Å². The molecule has 0 nitrogen and oxygen atoms in total. The fourth-order valence-corrected chi connectivity index (χ4v) is 5.69. The van der Waals surface area contributed by atoms with Crippen LogP contribution in [0.1, 0.15) is 206 Å². The highest BCUT2D eigenvalue weighted by Gasteiger charge is 1.97. The smallest absolute Gasteiger partial charge is 0.00313 e. The second-order valence-electron chi connectivity index (χ2n) is 11.3. The van der Waals surface area contributed by atoms with Gasteiger partial charge in [0.25, 0.3) is 0 Å². The summed E-state index contributed by atoms with van der Waals surface area (Å²) in [6, 6.07) is 0. The van der Waals surface area contributed by atoms with Crippen LogP contribution in [0.4, 0.5) is 0 Å². The van der Waals surface area contributed by atoms with Crippen LogP contribution in [0.25, 0.3) is 0 Å². The molecule has 0 aromatic rings. The zero-order chi connectivity index (χ0) is 24.6. The van der Waals surface area contributed by atoms with Gasteiger partial charge in [-0.1, -0.05) is 215 Å². The molecule has 0 unspecified atom stereocenters. The maximum Gasteiger partial charge on any atom is 0.00313 e. The lowest BCUT2D eigenvalue weighted by Crippen LogP contribution is -1.85. The van der Waals surface area contributed by atoms with Crippen LogP contribution in [-0.2, 0) is 0 Å². The molecule has 0 heterocycles. The van der Waals surface area contributed by atoms with E-state index < -0.39 is 0 Å². The van der Waals surface area contributed by atoms with Crippen molar-refractivity contribution >= 4 is 15.9 Å². The third kappa shape index (κ3) is 32.5. The normalized spacial score (nSPS) is 11.5. The predicted octanol–water partition coefficient (Wildman–Crippen LogP) is 13.5. The number of unbranched alkanes of at least 4 members (excludes halogenated alkanes) is 30. The minimum absolute atomic E-state index is 1.19. The molecule has 1 heteroatoms. The minimum Gasteiger partial charge on any atom is -0.0928 e. The first-order valence-electron chi connectivity index (χ1n) is 16.5. The Morgan fingerprint density at radius 3 is 0.529 bits per heavy atom. The molecule has 0 aliphatic heterocycles. The van der Waals surface area contributed by atoms with Crippen molar-refractivity contribution in [3.8, 4) is 0 Å². The number of hydrogen-bond acceptors (Lipinski definition) is 0. The molecule has 34 heavy (non-hydrogen) atoms. The third-order valence-electron chi connectivity index (χ3n) is 7.74. The van der Waals surface area contributed by atoms with Crippen molar-refractivity contribution in [2.75, 3.05) is 5.33 Å². The molecule has 206 valence electrons. The summed E-state index contributed by atoms with van der Waals surface area (Å²) >= 11 is 3.52. The van der Waals surface area contributed by atoms with Crippen molar-refractivity contribution in [1.82, 2.24) is 0 Å². The standard InChI is InChI=1S/C33H67Br/c1-2-3-4-5-6-7-8-9-10-11-12-13-14-15-16-17-18-19-20-21-22-23-24-25-26-27-28-29-30-31-32-33-34/h2-33H2,1H3. The lowest BCUT2D eigenvalue weighted by atomic mass is 10.0. The molecular formula is C33H67Br. The van der Waals surface area contributed by atoms with E-state index in [9.17, 15) is 0 Å². The average Bonchev–Trinajstić information content (AvgIpc) is 2.85. The molecule has 0 rings (SSSR count). The lowest BCUT2D eigenvalue weighted by Gasteiger charge is -2.04. The maximum absolute atomic E-state index is 3.52. The summed E-state index contributed by atoms with van der Waals surface area (Å²) in [6.45, 7) is 2.31. The van der Waals surface area contributed by atoms with Crippen LogP contribution in [0, 0.1) is 0 Å². The summed E-state index contributed by atoms with van der Waals surface area (Å²) in [5.41, 5.74) is 0. The quantitative estimate of drug-likeness (QED) is 0.0602. The Kier molecular flexibility index (Phi) is 34.0. The van der Waals surface area contributed by atoms with Gasteiger partial charge in [0.2, 0.25) is 0 Å². The van der Waals surface area contributed by atoms with Crippen LogP contribution < -0.4 is 0 Å². The monoisotopic (exact) mass is 542 g/mol. The molecular weight excluding hydrogens is 476 g/mol.